The molecule has 7 heteroatoms. The predicted molar refractivity (Wildman–Crippen MR) is 93.7 cm³/mol. The Labute approximate surface area is 144 Å². The molecule has 6 nitrogen and oxygen atoms in total. The Bertz CT molecular complexity index is 797. The number of nitrogens with zero attached hydrogens (tertiary/aromatic N) is 2. The van der Waals surface area contributed by atoms with Crippen molar-refractivity contribution in [2.24, 2.45) is 0 Å². The Hall–Kier alpha value is -2.34. The molecule has 1 aliphatic heterocycles. The molecule has 2 N–H and O–H groups in total. The highest BCUT2D eigenvalue weighted by Crippen LogP contribution is 2.18. The van der Waals surface area contributed by atoms with Crippen LogP contribution in [0.15, 0.2) is 35.1 Å². The molecule has 0 bridgehead atoms. The Kier molecular flexibility index (Phi) is 4.85. The monoisotopic (exact) mass is 346 g/mol. The van der Waals surface area contributed by atoms with Crippen LogP contribution in [0.2, 0.25) is 5.02 Å². The quantitative estimate of drug-likeness (QED) is 0.892. The molecule has 0 unspecified atom stereocenters. The molecule has 0 radical (unpaired) electrons. The van der Waals surface area contributed by atoms with Crippen LogP contribution in [0, 0.1) is 6.92 Å². The van der Waals surface area contributed by atoms with E-state index in [9.17, 15) is 9.59 Å². The number of carbonyl (C=O) groups is 1. The van der Waals surface area contributed by atoms with Gasteiger partial charge in [-0.05, 0) is 31.9 Å². The summed E-state index contributed by atoms with van der Waals surface area (Å²) in [6, 6.07) is 8.57. The third-order valence-electron chi connectivity index (χ3n) is 4.11. The zero-order valence-electron chi connectivity index (χ0n) is 13.4. The first-order chi connectivity index (χ1) is 11.5. The van der Waals surface area contributed by atoms with Gasteiger partial charge in [0.1, 0.15) is 0 Å². The second kappa shape index (κ2) is 7.05. The van der Waals surface area contributed by atoms with Crippen molar-refractivity contribution in [3.05, 3.63) is 57.0 Å². The lowest BCUT2D eigenvalue weighted by molar-refractivity contribution is 0.0931. The first kappa shape index (κ1) is 16.5. The lowest BCUT2D eigenvalue weighted by Crippen LogP contribution is -2.45. The normalized spacial score (nSPS) is 15.3. The summed E-state index contributed by atoms with van der Waals surface area (Å²) in [6.07, 6.45) is 1.57. The first-order valence-electron chi connectivity index (χ1n) is 7.91. The number of aromatic amines is 1. The molecule has 24 heavy (non-hydrogen) atoms. The molecule has 1 aliphatic rings. The van der Waals surface area contributed by atoms with Crippen LogP contribution < -0.4 is 15.8 Å². The fraction of sp³-hybridized carbons (Fsp3) is 0.353. The predicted octanol–water partition coefficient (Wildman–Crippen LogP) is 2.13. The summed E-state index contributed by atoms with van der Waals surface area (Å²) in [4.78, 5) is 33.0. The summed E-state index contributed by atoms with van der Waals surface area (Å²) in [5.41, 5.74) is 1.04. The van der Waals surface area contributed by atoms with E-state index in [0.717, 1.165) is 25.9 Å². The van der Waals surface area contributed by atoms with E-state index in [1.165, 1.54) is 6.07 Å². The van der Waals surface area contributed by atoms with Gasteiger partial charge in [-0.3, -0.25) is 14.6 Å². The second-order valence-electron chi connectivity index (χ2n) is 5.93. The number of halogens is 1. The summed E-state index contributed by atoms with van der Waals surface area (Å²) in [6.45, 7) is 3.25. The van der Waals surface area contributed by atoms with Crippen molar-refractivity contribution < 1.29 is 4.79 Å². The smallest absolute Gasteiger partial charge is 0.253 e. The Morgan fingerprint density at radius 1 is 1.33 bits per heavy atom. The summed E-state index contributed by atoms with van der Waals surface area (Å²) in [7, 11) is 0. The third-order valence-corrected chi connectivity index (χ3v) is 4.44. The Morgan fingerprint density at radius 3 is 2.71 bits per heavy atom. The van der Waals surface area contributed by atoms with E-state index in [2.05, 4.69) is 15.3 Å². The van der Waals surface area contributed by atoms with E-state index in [1.54, 1.807) is 31.2 Å². The van der Waals surface area contributed by atoms with Gasteiger partial charge in [0.15, 0.2) is 0 Å². The molecular weight excluding hydrogens is 328 g/mol. The van der Waals surface area contributed by atoms with E-state index < -0.39 is 0 Å². The standard InChI is InChI=1S/C17H19ClN4O2/c1-11-10-15(23)21-17(19-11)22-8-6-12(7-9-22)20-16(24)13-4-2-3-5-14(13)18/h2-5,10,12H,6-9H2,1H3,(H,20,24)(H,19,21,23). The van der Waals surface area contributed by atoms with Gasteiger partial charge in [0.25, 0.3) is 11.5 Å². The number of rotatable bonds is 3. The van der Waals surface area contributed by atoms with Gasteiger partial charge in [-0.15, -0.1) is 0 Å². The molecule has 0 atom stereocenters. The van der Waals surface area contributed by atoms with Crippen LogP contribution in [0.25, 0.3) is 0 Å². The van der Waals surface area contributed by atoms with Crippen LogP contribution in [0.4, 0.5) is 5.95 Å². The number of carbonyl (C=O) groups excluding carboxylic acids is 1. The zero-order valence-corrected chi connectivity index (χ0v) is 14.1. The first-order valence-corrected chi connectivity index (χ1v) is 8.29. The van der Waals surface area contributed by atoms with Crippen molar-refractivity contribution >= 4 is 23.5 Å². The highest BCUT2D eigenvalue weighted by atomic mass is 35.5. The van der Waals surface area contributed by atoms with Gasteiger partial charge in [0.2, 0.25) is 5.95 Å². The zero-order chi connectivity index (χ0) is 17.1. The van der Waals surface area contributed by atoms with Gasteiger partial charge >= 0.3 is 0 Å². The van der Waals surface area contributed by atoms with Crippen molar-refractivity contribution in [3.63, 3.8) is 0 Å². The fourth-order valence-electron chi connectivity index (χ4n) is 2.86. The number of aromatic nitrogens is 2. The molecule has 1 aromatic carbocycles. The van der Waals surface area contributed by atoms with Crippen LogP contribution in [-0.4, -0.2) is 35.0 Å². The lowest BCUT2D eigenvalue weighted by Gasteiger charge is -2.32. The van der Waals surface area contributed by atoms with Gasteiger partial charge in [0, 0.05) is 30.9 Å². The van der Waals surface area contributed by atoms with Crippen LogP contribution in [0.3, 0.4) is 0 Å². The minimum Gasteiger partial charge on any atom is -0.349 e. The van der Waals surface area contributed by atoms with Crippen LogP contribution >= 0.6 is 11.6 Å². The number of nitrogens with one attached hydrogen (secondary N) is 2. The highest BCUT2D eigenvalue weighted by Gasteiger charge is 2.23. The van der Waals surface area contributed by atoms with E-state index in [1.807, 2.05) is 4.90 Å². The van der Waals surface area contributed by atoms with Gasteiger partial charge in [0.05, 0.1) is 10.6 Å². The number of hydrogen-bond acceptors (Lipinski definition) is 4. The summed E-state index contributed by atoms with van der Waals surface area (Å²) < 4.78 is 0. The van der Waals surface area contributed by atoms with Crippen LogP contribution in [0.5, 0.6) is 0 Å². The third kappa shape index (κ3) is 3.76. The van der Waals surface area contributed by atoms with Gasteiger partial charge in [-0.25, -0.2) is 4.98 Å². The van der Waals surface area contributed by atoms with E-state index in [-0.39, 0.29) is 17.5 Å². The van der Waals surface area contributed by atoms with Gasteiger partial charge in [-0.1, -0.05) is 23.7 Å². The molecular formula is C17H19ClN4O2. The van der Waals surface area contributed by atoms with Gasteiger partial charge in [-0.2, -0.15) is 0 Å². The topological polar surface area (TPSA) is 78.1 Å². The summed E-state index contributed by atoms with van der Waals surface area (Å²) >= 11 is 6.06. The number of aryl methyl sites for hydroxylation is 1. The molecule has 1 saturated heterocycles. The van der Waals surface area contributed by atoms with Crippen molar-refractivity contribution in [1.29, 1.82) is 0 Å². The van der Waals surface area contributed by atoms with E-state index in [4.69, 9.17) is 11.6 Å². The van der Waals surface area contributed by atoms with Crippen LogP contribution in [-0.2, 0) is 0 Å². The average Bonchev–Trinajstić information content (AvgIpc) is 2.55. The Morgan fingerprint density at radius 2 is 2.04 bits per heavy atom. The molecule has 1 aromatic heterocycles. The number of benzene rings is 1. The maximum absolute atomic E-state index is 12.3. The average molecular weight is 347 g/mol. The SMILES string of the molecule is Cc1cc(=O)[nH]c(N2CCC(NC(=O)c3ccccc3Cl)CC2)n1. The minimum atomic E-state index is -0.152. The maximum Gasteiger partial charge on any atom is 0.253 e. The number of piperidine rings is 1. The molecule has 1 fully saturated rings. The van der Waals surface area contributed by atoms with Gasteiger partial charge < -0.3 is 10.2 Å². The number of H-pyrrole nitrogens is 1. The second-order valence-corrected chi connectivity index (χ2v) is 6.33. The summed E-state index contributed by atoms with van der Waals surface area (Å²) in [5, 5.41) is 3.48. The van der Waals surface area contributed by atoms with Crippen LogP contribution in [0.1, 0.15) is 28.9 Å². The fourth-order valence-corrected chi connectivity index (χ4v) is 3.08. The molecule has 0 aliphatic carbocycles. The van der Waals surface area contributed by atoms with Crippen molar-refractivity contribution in [1.82, 2.24) is 15.3 Å². The van der Waals surface area contributed by atoms with Crippen molar-refractivity contribution in [2.75, 3.05) is 18.0 Å². The molecule has 3 rings (SSSR count). The number of anilines is 1. The number of hydrogen-bond donors (Lipinski definition) is 2. The van der Waals surface area contributed by atoms with Crippen molar-refractivity contribution in [3.8, 4) is 0 Å². The molecule has 0 spiro atoms. The summed E-state index contributed by atoms with van der Waals surface area (Å²) in [5.74, 6) is 0.442. The molecule has 126 valence electrons. The molecule has 0 saturated carbocycles. The molecule has 2 aromatic rings. The lowest BCUT2D eigenvalue weighted by atomic mass is 10.0. The minimum absolute atomic E-state index is 0.0848. The largest absolute Gasteiger partial charge is 0.349 e. The molecule has 1 amide bonds. The number of amides is 1. The highest BCUT2D eigenvalue weighted by molar-refractivity contribution is 6.33. The van der Waals surface area contributed by atoms with Crippen molar-refractivity contribution in [2.45, 2.75) is 25.8 Å². The molecule has 2 heterocycles. The Balaban J connectivity index is 1.60. The maximum atomic E-state index is 12.3. The van der Waals surface area contributed by atoms with E-state index in [0.29, 0.717) is 22.2 Å². The van der Waals surface area contributed by atoms with E-state index >= 15 is 0 Å².